The first kappa shape index (κ1) is 12.6. The lowest BCUT2D eigenvalue weighted by Crippen LogP contribution is -2.19. The van der Waals surface area contributed by atoms with Crippen LogP contribution in [-0.4, -0.2) is 29.7 Å². The number of nitrogens with two attached hydrogens (primary N) is 1. The summed E-state index contributed by atoms with van der Waals surface area (Å²) in [6.07, 6.45) is -0.690. The van der Waals surface area contributed by atoms with E-state index in [0.717, 1.165) is 0 Å². The summed E-state index contributed by atoms with van der Waals surface area (Å²) in [6, 6.07) is 5.99. The van der Waals surface area contributed by atoms with Crippen molar-refractivity contribution in [3.8, 4) is 5.75 Å². The number of amides is 2. The number of alkyl halides is 1. The Bertz CT molecular complexity index is 342. The Morgan fingerprint density at radius 1 is 1.50 bits per heavy atom. The van der Waals surface area contributed by atoms with Crippen molar-refractivity contribution in [2.75, 3.05) is 17.8 Å². The number of nitrogens with one attached hydrogen (secondary N) is 1. The summed E-state index contributed by atoms with van der Waals surface area (Å²) < 4.78 is 5.24. The molecule has 4 N–H and O–H groups in total. The normalized spacial score (nSPS) is 11.9. The summed E-state index contributed by atoms with van der Waals surface area (Å²) >= 11 is 5.41. The molecule has 0 bridgehead atoms. The van der Waals surface area contributed by atoms with E-state index in [4.69, 9.17) is 27.2 Å². The molecule has 0 heterocycles. The SMILES string of the molecule is NC(=O)Nc1ccc(OC[C@H](O)CCl)cc1. The maximum Gasteiger partial charge on any atom is 0.316 e. The smallest absolute Gasteiger partial charge is 0.316 e. The Morgan fingerprint density at radius 3 is 2.62 bits per heavy atom. The third kappa shape index (κ3) is 4.37. The number of halogens is 1. The van der Waals surface area contributed by atoms with Gasteiger partial charge in [-0.25, -0.2) is 4.79 Å². The number of aliphatic hydroxyl groups excluding tert-OH is 1. The van der Waals surface area contributed by atoms with Gasteiger partial charge in [0.05, 0.1) is 5.88 Å². The Hall–Kier alpha value is -1.46. The van der Waals surface area contributed by atoms with Crippen molar-refractivity contribution in [2.24, 2.45) is 5.73 Å². The minimum atomic E-state index is -0.690. The number of benzene rings is 1. The molecule has 1 aromatic rings. The second-order valence-electron chi connectivity index (χ2n) is 3.13. The second-order valence-corrected chi connectivity index (χ2v) is 3.44. The molecule has 0 fully saturated rings. The lowest BCUT2D eigenvalue weighted by molar-refractivity contribution is 0.125. The molecule has 0 unspecified atom stereocenters. The number of anilines is 1. The molecule has 88 valence electrons. The number of primary amides is 1. The van der Waals surface area contributed by atoms with Crippen LogP contribution in [0.25, 0.3) is 0 Å². The highest BCUT2D eigenvalue weighted by Gasteiger charge is 2.03. The zero-order chi connectivity index (χ0) is 12.0. The number of urea groups is 1. The number of hydrogen-bond acceptors (Lipinski definition) is 3. The molecule has 0 saturated carbocycles. The van der Waals surface area contributed by atoms with Crippen molar-refractivity contribution in [1.29, 1.82) is 0 Å². The van der Waals surface area contributed by atoms with E-state index < -0.39 is 12.1 Å². The van der Waals surface area contributed by atoms with Gasteiger partial charge in [-0.1, -0.05) is 0 Å². The van der Waals surface area contributed by atoms with Crippen molar-refractivity contribution >= 4 is 23.3 Å². The van der Waals surface area contributed by atoms with Crippen molar-refractivity contribution in [3.05, 3.63) is 24.3 Å². The van der Waals surface area contributed by atoms with Gasteiger partial charge >= 0.3 is 6.03 Å². The third-order valence-electron chi connectivity index (χ3n) is 1.74. The molecule has 5 nitrogen and oxygen atoms in total. The van der Waals surface area contributed by atoms with E-state index in [1.807, 2.05) is 0 Å². The predicted octanol–water partition coefficient (Wildman–Crippen LogP) is 1.16. The van der Waals surface area contributed by atoms with Gasteiger partial charge in [-0.15, -0.1) is 11.6 Å². The average molecular weight is 245 g/mol. The van der Waals surface area contributed by atoms with E-state index in [-0.39, 0.29) is 12.5 Å². The number of carbonyl (C=O) groups is 1. The maximum atomic E-state index is 10.5. The summed E-state index contributed by atoms with van der Waals surface area (Å²) in [7, 11) is 0. The second kappa shape index (κ2) is 6.19. The molecule has 0 radical (unpaired) electrons. The summed E-state index contributed by atoms with van der Waals surface area (Å²) in [4.78, 5) is 10.5. The monoisotopic (exact) mass is 244 g/mol. The van der Waals surface area contributed by atoms with Crippen molar-refractivity contribution < 1.29 is 14.6 Å². The number of ether oxygens (including phenoxy) is 1. The summed E-state index contributed by atoms with van der Waals surface area (Å²) in [5.74, 6) is 0.709. The van der Waals surface area contributed by atoms with Gasteiger partial charge in [-0.2, -0.15) is 0 Å². The zero-order valence-corrected chi connectivity index (χ0v) is 9.28. The lowest BCUT2D eigenvalue weighted by Gasteiger charge is -2.10. The fourth-order valence-electron chi connectivity index (χ4n) is 1.01. The molecule has 1 rings (SSSR count). The molecular formula is C10H13ClN2O3. The van der Waals surface area contributed by atoms with Crippen LogP contribution in [0.1, 0.15) is 0 Å². The fourth-order valence-corrected chi connectivity index (χ4v) is 1.10. The predicted molar refractivity (Wildman–Crippen MR) is 61.9 cm³/mol. The van der Waals surface area contributed by atoms with Crippen LogP contribution in [-0.2, 0) is 0 Å². The van der Waals surface area contributed by atoms with Gasteiger partial charge in [-0.3, -0.25) is 0 Å². The molecule has 2 amide bonds. The molecule has 0 aliphatic rings. The zero-order valence-electron chi connectivity index (χ0n) is 8.52. The molecule has 1 atom stereocenters. The average Bonchev–Trinajstić information content (AvgIpc) is 2.27. The largest absolute Gasteiger partial charge is 0.491 e. The molecule has 0 spiro atoms. The first-order valence-corrected chi connectivity index (χ1v) is 5.18. The van der Waals surface area contributed by atoms with Gasteiger partial charge in [0.2, 0.25) is 0 Å². The quantitative estimate of drug-likeness (QED) is 0.680. The number of hydrogen-bond donors (Lipinski definition) is 3. The minimum absolute atomic E-state index is 0.126. The highest BCUT2D eigenvalue weighted by Crippen LogP contribution is 2.15. The molecule has 0 aliphatic carbocycles. The van der Waals surface area contributed by atoms with Crippen LogP contribution >= 0.6 is 11.6 Å². The van der Waals surface area contributed by atoms with Gasteiger partial charge in [0.25, 0.3) is 0 Å². The van der Waals surface area contributed by atoms with Crippen LogP contribution < -0.4 is 15.8 Å². The molecular weight excluding hydrogens is 232 g/mol. The lowest BCUT2D eigenvalue weighted by atomic mass is 10.3. The fraction of sp³-hybridized carbons (Fsp3) is 0.300. The summed E-state index contributed by atoms with van der Waals surface area (Å²) in [5, 5.41) is 11.6. The van der Waals surface area contributed by atoms with Crippen LogP contribution in [0.3, 0.4) is 0 Å². The van der Waals surface area contributed by atoms with Gasteiger partial charge in [0, 0.05) is 5.69 Å². The molecule has 0 saturated heterocycles. The van der Waals surface area contributed by atoms with Gasteiger partial charge in [-0.05, 0) is 24.3 Å². The van der Waals surface area contributed by atoms with E-state index >= 15 is 0 Å². The Morgan fingerprint density at radius 2 is 2.12 bits per heavy atom. The number of rotatable bonds is 5. The summed E-state index contributed by atoms with van der Waals surface area (Å²) in [6.45, 7) is 0.131. The summed E-state index contributed by atoms with van der Waals surface area (Å²) in [5.41, 5.74) is 5.53. The number of carbonyl (C=O) groups excluding carboxylic acids is 1. The standard InChI is InChI=1S/C10H13ClN2O3/c11-5-8(14)6-16-9-3-1-7(2-4-9)13-10(12)15/h1-4,8,14H,5-6H2,(H3,12,13,15)/t8-/m1/s1. The van der Waals surface area contributed by atoms with Crippen molar-refractivity contribution in [3.63, 3.8) is 0 Å². The van der Waals surface area contributed by atoms with Crippen LogP contribution in [0.15, 0.2) is 24.3 Å². The Balaban J connectivity index is 2.48. The molecule has 0 aliphatic heterocycles. The molecule has 16 heavy (non-hydrogen) atoms. The van der Waals surface area contributed by atoms with Crippen molar-refractivity contribution in [2.45, 2.75) is 6.10 Å². The molecule has 6 heteroatoms. The van der Waals surface area contributed by atoms with E-state index in [0.29, 0.717) is 11.4 Å². The first-order chi connectivity index (χ1) is 7.61. The van der Waals surface area contributed by atoms with E-state index in [1.54, 1.807) is 24.3 Å². The maximum absolute atomic E-state index is 10.5. The van der Waals surface area contributed by atoms with Crippen LogP contribution in [0, 0.1) is 0 Å². The molecule has 0 aromatic heterocycles. The Labute approximate surface area is 98.2 Å². The highest BCUT2D eigenvalue weighted by atomic mass is 35.5. The van der Waals surface area contributed by atoms with Crippen LogP contribution in [0.2, 0.25) is 0 Å². The van der Waals surface area contributed by atoms with Crippen LogP contribution in [0.5, 0.6) is 5.75 Å². The minimum Gasteiger partial charge on any atom is -0.491 e. The van der Waals surface area contributed by atoms with E-state index in [9.17, 15) is 4.79 Å². The van der Waals surface area contributed by atoms with Crippen molar-refractivity contribution in [1.82, 2.24) is 0 Å². The molecule has 1 aromatic carbocycles. The van der Waals surface area contributed by atoms with Gasteiger partial charge in [0.1, 0.15) is 18.5 Å². The van der Waals surface area contributed by atoms with E-state index in [1.165, 1.54) is 0 Å². The third-order valence-corrected chi connectivity index (χ3v) is 2.10. The van der Waals surface area contributed by atoms with E-state index in [2.05, 4.69) is 5.32 Å². The first-order valence-electron chi connectivity index (χ1n) is 4.65. The topological polar surface area (TPSA) is 84.6 Å². The van der Waals surface area contributed by atoms with Crippen LogP contribution in [0.4, 0.5) is 10.5 Å². The highest BCUT2D eigenvalue weighted by molar-refractivity contribution is 6.18. The Kier molecular flexibility index (Phi) is 4.88. The van der Waals surface area contributed by atoms with Gasteiger partial charge < -0.3 is 20.9 Å². The van der Waals surface area contributed by atoms with Gasteiger partial charge in [0.15, 0.2) is 0 Å². The number of aliphatic hydroxyl groups is 1.